The third-order valence-electron chi connectivity index (χ3n) is 6.63. The number of ether oxygens (including phenoxy) is 1. The SMILES string of the molecule is Cc1cc(C#N)cc(C)c1Oc1nc(NC2CCN(Cc3cccc(C(N)=O)c3)CC2)nc2c1NCS2. The second kappa shape index (κ2) is 10.7. The molecule has 0 bridgehead atoms. The van der Waals surface area contributed by atoms with Crippen LogP contribution < -0.4 is 21.1 Å². The molecule has 0 saturated carbocycles. The van der Waals surface area contributed by atoms with Crippen molar-refractivity contribution in [1.29, 1.82) is 5.26 Å². The molecular formula is C27H29N7O2S. The van der Waals surface area contributed by atoms with Crippen molar-refractivity contribution in [1.82, 2.24) is 14.9 Å². The molecule has 37 heavy (non-hydrogen) atoms. The number of amides is 1. The molecule has 9 nitrogen and oxygen atoms in total. The highest BCUT2D eigenvalue weighted by atomic mass is 32.2. The number of nitrogens with two attached hydrogens (primary N) is 1. The van der Waals surface area contributed by atoms with Crippen molar-refractivity contribution in [2.75, 3.05) is 29.6 Å². The molecular weight excluding hydrogens is 486 g/mol. The third kappa shape index (κ3) is 5.63. The molecule has 2 aromatic carbocycles. The van der Waals surface area contributed by atoms with Crippen molar-refractivity contribution in [3.63, 3.8) is 0 Å². The van der Waals surface area contributed by atoms with Gasteiger partial charge in [0.05, 0.1) is 17.5 Å². The minimum absolute atomic E-state index is 0.247. The summed E-state index contributed by atoms with van der Waals surface area (Å²) >= 11 is 1.62. The predicted octanol–water partition coefficient (Wildman–Crippen LogP) is 4.41. The van der Waals surface area contributed by atoms with Gasteiger partial charge in [0.1, 0.15) is 16.5 Å². The molecule has 190 valence electrons. The molecule has 2 aliphatic heterocycles. The smallest absolute Gasteiger partial charge is 0.249 e. The molecule has 0 unspecified atom stereocenters. The minimum Gasteiger partial charge on any atom is -0.436 e. The first-order chi connectivity index (χ1) is 17.9. The van der Waals surface area contributed by atoms with E-state index in [9.17, 15) is 10.1 Å². The fraction of sp³-hybridized carbons (Fsp3) is 0.333. The normalized spacial score (nSPS) is 15.5. The van der Waals surface area contributed by atoms with E-state index < -0.39 is 5.91 Å². The number of thioether (sulfide) groups is 1. The van der Waals surface area contributed by atoms with Crippen molar-refractivity contribution in [3.8, 4) is 17.7 Å². The number of nitrogens with zero attached hydrogens (tertiary/aromatic N) is 4. The maximum atomic E-state index is 11.5. The summed E-state index contributed by atoms with van der Waals surface area (Å²) in [7, 11) is 0. The second-order valence-electron chi connectivity index (χ2n) is 9.41. The van der Waals surface area contributed by atoms with E-state index in [0.29, 0.717) is 34.6 Å². The predicted molar refractivity (Wildman–Crippen MR) is 144 cm³/mol. The van der Waals surface area contributed by atoms with Crippen LogP contribution in [0, 0.1) is 25.2 Å². The van der Waals surface area contributed by atoms with Crippen LogP contribution in [-0.4, -0.2) is 45.8 Å². The maximum Gasteiger partial charge on any atom is 0.249 e. The van der Waals surface area contributed by atoms with Crippen LogP contribution in [0.3, 0.4) is 0 Å². The molecule has 1 aromatic heterocycles. The Hall–Kier alpha value is -3.81. The number of hydrogen-bond acceptors (Lipinski definition) is 9. The Kier molecular flexibility index (Phi) is 7.17. The average Bonchev–Trinajstić information content (AvgIpc) is 3.36. The van der Waals surface area contributed by atoms with Crippen LogP contribution in [0.25, 0.3) is 0 Å². The molecule has 1 fully saturated rings. The van der Waals surface area contributed by atoms with Gasteiger partial charge < -0.3 is 21.1 Å². The number of nitriles is 1. The molecule has 3 aromatic rings. The highest BCUT2D eigenvalue weighted by molar-refractivity contribution is 7.99. The van der Waals surface area contributed by atoms with Gasteiger partial charge in [0, 0.05) is 31.2 Å². The summed E-state index contributed by atoms with van der Waals surface area (Å²) in [6.07, 6.45) is 1.90. The van der Waals surface area contributed by atoms with Gasteiger partial charge in [0.25, 0.3) is 0 Å². The van der Waals surface area contributed by atoms with E-state index in [4.69, 9.17) is 20.4 Å². The van der Waals surface area contributed by atoms with Gasteiger partial charge in [-0.15, -0.1) is 0 Å². The van der Waals surface area contributed by atoms with Crippen LogP contribution in [0.5, 0.6) is 11.6 Å². The number of carbonyl (C=O) groups is 1. The number of aromatic nitrogens is 2. The zero-order valence-electron chi connectivity index (χ0n) is 20.9. The van der Waals surface area contributed by atoms with Crippen LogP contribution in [0.1, 0.15) is 45.5 Å². The van der Waals surface area contributed by atoms with Gasteiger partial charge in [-0.25, -0.2) is 4.98 Å². The van der Waals surface area contributed by atoms with Gasteiger partial charge >= 0.3 is 0 Å². The van der Waals surface area contributed by atoms with Crippen molar-refractivity contribution in [2.24, 2.45) is 5.73 Å². The van der Waals surface area contributed by atoms with Crippen LogP contribution in [0.4, 0.5) is 11.6 Å². The molecule has 0 atom stereocenters. The zero-order valence-corrected chi connectivity index (χ0v) is 21.7. The number of aryl methyl sites for hydroxylation is 2. The van der Waals surface area contributed by atoms with Gasteiger partial charge in [-0.1, -0.05) is 23.9 Å². The van der Waals surface area contributed by atoms with Gasteiger partial charge in [-0.05, 0) is 67.6 Å². The topological polar surface area (TPSA) is 129 Å². The van der Waals surface area contributed by atoms with Crippen molar-refractivity contribution in [3.05, 3.63) is 64.2 Å². The van der Waals surface area contributed by atoms with Crippen LogP contribution in [0.15, 0.2) is 41.4 Å². The number of anilines is 2. The van der Waals surface area contributed by atoms with E-state index in [1.54, 1.807) is 17.8 Å². The molecule has 2 aliphatic rings. The van der Waals surface area contributed by atoms with E-state index in [0.717, 1.165) is 59.9 Å². The number of likely N-dealkylation sites (tertiary alicyclic amines) is 1. The van der Waals surface area contributed by atoms with Crippen LogP contribution in [0.2, 0.25) is 0 Å². The van der Waals surface area contributed by atoms with Gasteiger partial charge in [0.15, 0.2) is 0 Å². The fourth-order valence-corrected chi connectivity index (χ4v) is 5.57. The Morgan fingerprint density at radius 1 is 1.24 bits per heavy atom. The van der Waals surface area contributed by atoms with Gasteiger partial charge in [0.2, 0.25) is 17.7 Å². The Morgan fingerprint density at radius 2 is 2.00 bits per heavy atom. The Balaban J connectivity index is 1.26. The number of nitrogens with one attached hydrogen (secondary N) is 2. The molecule has 1 amide bonds. The summed E-state index contributed by atoms with van der Waals surface area (Å²) in [4.78, 5) is 23.3. The average molecular weight is 516 g/mol. The molecule has 0 spiro atoms. The van der Waals surface area contributed by atoms with Crippen molar-refractivity contribution >= 4 is 29.3 Å². The first kappa shape index (κ1) is 24.9. The van der Waals surface area contributed by atoms with E-state index in [1.165, 1.54) is 0 Å². The lowest BCUT2D eigenvalue weighted by molar-refractivity contribution is 0.1000. The minimum atomic E-state index is -0.402. The van der Waals surface area contributed by atoms with E-state index in [2.05, 4.69) is 21.6 Å². The second-order valence-corrected chi connectivity index (χ2v) is 10.4. The first-order valence-electron chi connectivity index (χ1n) is 12.2. The largest absolute Gasteiger partial charge is 0.436 e. The summed E-state index contributed by atoms with van der Waals surface area (Å²) < 4.78 is 6.30. The molecule has 0 aliphatic carbocycles. The summed E-state index contributed by atoms with van der Waals surface area (Å²) in [5.74, 6) is 2.06. The molecule has 10 heteroatoms. The van der Waals surface area contributed by atoms with Gasteiger partial charge in [-0.2, -0.15) is 10.2 Å². The molecule has 0 radical (unpaired) electrons. The summed E-state index contributed by atoms with van der Waals surface area (Å²) in [5, 5.41) is 17.0. The molecule has 1 saturated heterocycles. The monoisotopic (exact) mass is 515 g/mol. The number of rotatable bonds is 7. The Morgan fingerprint density at radius 3 is 2.70 bits per heavy atom. The lowest BCUT2D eigenvalue weighted by Gasteiger charge is -2.32. The third-order valence-corrected chi connectivity index (χ3v) is 7.48. The highest BCUT2D eigenvalue weighted by Crippen LogP contribution is 2.42. The standard InChI is InChI=1S/C27H29N7O2S/c1-16-10-19(13-28)11-17(2)23(16)36-25-22-26(37-15-30-22)33-27(32-25)31-21-6-8-34(9-7-21)14-18-4-3-5-20(12-18)24(29)35/h3-5,10-12,21,30H,6-9,14-15H2,1-2H3,(H2,29,35)(H,31,32,33). The number of primary amides is 1. The number of piperidine rings is 1. The summed E-state index contributed by atoms with van der Waals surface area (Å²) in [6, 6.07) is 13.6. The maximum absolute atomic E-state index is 11.5. The molecule has 4 N–H and O–H groups in total. The van der Waals surface area contributed by atoms with E-state index >= 15 is 0 Å². The number of carbonyl (C=O) groups excluding carboxylic acids is 1. The van der Waals surface area contributed by atoms with E-state index in [-0.39, 0.29) is 6.04 Å². The summed E-state index contributed by atoms with van der Waals surface area (Å²) in [5.41, 5.74) is 10.2. The number of fused-ring (bicyclic) bond motifs is 1. The Bertz CT molecular complexity index is 1360. The number of hydrogen-bond donors (Lipinski definition) is 3. The lowest BCUT2D eigenvalue weighted by Crippen LogP contribution is -2.39. The van der Waals surface area contributed by atoms with Crippen LogP contribution >= 0.6 is 11.8 Å². The molecule has 5 rings (SSSR count). The number of benzene rings is 2. The lowest BCUT2D eigenvalue weighted by atomic mass is 10.0. The van der Waals surface area contributed by atoms with E-state index in [1.807, 2.05) is 44.2 Å². The van der Waals surface area contributed by atoms with Crippen LogP contribution in [-0.2, 0) is 6.54 Å². The highest BCUT2D eigenvalue weighted by Gasteiger charge is 2.25. The molecule has 3 heterocycles. The summed E-state index contributed by atoms with van der Waals surface area (Å²) in [6.45, 7) is 6.50. The fourth-order valence-electron chi connectivity index (χ4n) is 4.76. The first-order valence-corrected chi connectivity index (χ1v) is 13.2. The zero-order chi connectivity index (χ0) is 25.9. The Labute approximate surface area is 220 Å². The quantitative estimate of drug-likeness (QED) is 0.392. The van der Waals surface area contributed by atoms with Crippen molar-refractivity contribution in [2.45, 2.75) is 44.3 Å². The van der Waals surface area contributed by atoms with Gasteiger partial charge in [-0.3, -0.25) is 9.69 Å². The van der Waals surface area contributed by atoms with Crippen molar-refractivity contribution < 1.29 is 9.53 Å².